The van der Waals surface area contributed by atoms with Gasteiger partial charge in [0.05, 0.1) is 5.52 Å². The number of nitrogens with zero attached hydrogens (tertiary/aromatic N) is 2. The standard InChI is InChI=1S/C16H21N3/c1-11-7-14(11)10-19(2)16-13(9-17)8-12-5-3-4-6-15(12)18-16/h3-6,8,11,14H,7,9-10,17H2,1-2H3. The zero-order valence-electron chi connectivity index (χ0n) is 11.6. The maximum Gasteiger partial charge on any atom is 0.133 e. The zero-order chi connectivity index (χ0) is 13.4. The normalized spacial score (nSPS) is 21.6. The first-order valence-corrected chi connectivity index (χ1v) is 6.99. The number of fused-ring (bicyclic) bond motifs is 1. The van der Waals surface area contributed by atoms with Crippen molar-refractivity contribution in [3.8, 4) is 0 Å². The minimum Gasteiger partial charge on any atom is -0.359 e. The van der Waals surface area contributed by atoms with Crippen molar-refractivity contribution >= 4 is 16.7 Å². The molecule has 0 bridgehead atoms. The van der Waals surface area contributed by atoms with Gasteiger partial charge in [-0.25, -0.2) is 4.98 Å². The Morgan fingerprint density at radius 3 is 2.79 bits per heavy atom. The molecule has 3 nitrogen and oxygen atoms in total. The summed E-state index contributed by atoms with van der Waals surface area (Å²) in [6.45, 7) is 3.94. The van der Waals surface area contributed by atoms with Crippen LogP contribution in [0.4, 0.5) is 5.82 Å². The van der Waals surface area contributed by atoms with E-state index in [1.807, 2.05) is 12.1 Å². The van der Waals surface area contributed by atoms with Gasteiger partial charge in [0.2, 0.25) is 0 Å². The highest BCUT2D eigenvalue weighted by Crippen LogP contribution is 2.39. The molecule has 1 aliphatic carbocycles. The van der Waals surface area contributed by atoms with E-state index in [-0.39, 0.29) is 0 Å². The lowest BCUT2D eigenvalue weighted by Crippen LogP contribution is -2.23. The number of anilines is 1. The van der Waals surface area contributed by atoms with Crippen LogP contribution < -0.4 is 10.6 Å². The fourth-order valence-electron chi connectivity index (χ4n) is 2.72. The lowest BCUT2D eigenvalue weighted by molar-refractivity contribution is 0.717. The van der Waals surface area contributed by atoms with Gasteiger partial charge in [-0.05, 0) is 30.4 Å². The van der Waals surface area contributed by atoms with Crippen LogP contribution in [0, 0.1) is 11.8 Å². The molecule has 1 heterocycles. The molecule has 1 saturated carbocycles. The molecule has 0 radical (unpaired) electrons. The molecule has 0 spiro atoms. The minimum absolute atomic E-state index is 0.539. The predicted octanol–water partition coefficient (Wildman–Crippen LogP) is 2.79. The third-order valence-corrected chi connectivity index (χ3v) is 4.15. The molecule has 3 rings (SSSR count). The first-order valence-electron chi connectivity index (χ1n) is 6.99. The number of rotatable bonds is 4. The van der Waals surface area contributed by atoms with Crippen LogP contribution in [0.2, 0.25) is 0 Å². The smallest absolute Gasteiger partial charge is 0.133 e. The van der Waals surface area contributed by atoms with Crippen molar-refractivity contribution in [3.63, 3.8) is 0 Å². The summed E-state index contributed by atoms with van der Waals surface area (Å²) >= 11 is 0. The summed E-state index contributed by atoms with van der Waals surface area (Å²) < 4.78 is 0. The highest BCUT2D eigenvalue weighted by molar-refractivity contribution is 5.81. The summed E-state index contributed by atoms with van der Waals surface area (Å²) in [5.41, 5.74) is 8.07. The van der Waals surface area contributed by atoms with Gasteiger partial charge in [0.15, 0.2) is 0 Å². The first kappa shape index (κ1) is 12.4. The molecular formula is C16H21N3. The molecule has 1 aromatic carbocycles. The Labute approximate surface area is 114 Å². The van der Waals surface area contributed by atoms with E-state index in [0.717, 1.165) is 35.3 Å². The number of nitrogens with two attached hydrogens (primary N) is 1. The highest BCUT2D eigenvalue weighted by atomic mass is 15.2. The quantitative estimate of drug-likeness (QED) is 0.913. The van der Waals surface area contributed by atoms with Crippen molar-refractivity contribution in [1.29, 1.82) is 0 Å². The molecule has 1 aromatic heterocycles. The third kappa shape index (κ3) is 2.43. The fraction of sp³-hybridized carbons (Fsp3) is 0.438. The monoisotopic (exact) mass is 255 g/mol. The number of aromatic nitrogens is 1. The van der Waals surface area contributed by atoms with Gasteiger partial charge in [0.25, 0.3) is 0 Å². The molecule has 19 heavy (non-hydrogen) atoms. The number of para-hydroxylation sites is 1. The average molecular weight is 255 g/mol. The van der Waals surface area contributed by atoms with E-state index in [1.54, 1.807) is 0 Å². The second-order valence-electron chi connectivity index (χ2n) is 5.72. The van der Waals surface area contributed by atoms with E-state index < -0.39 is 0 Å². The zero-order valence-corrected chi connectivity index (χ0v) is 11.6. The predicted molar refractivity (Wildman–Crippen MR) is 80.2 cm³/mol. The van der Waals surface area contributed by atoms with Gasteiger partial charge in [-0.3, -0.25) is 0 Å². The molecule has 2 unspecified atom stereocenters. The second-order valence-corrected chi connectivity index (χ2v) is 5.72. The van der Waals surface area contributed by atoms with E-state index in [1.165, 1.54) is 11.8 Å². The Morgan fingerprint density at radius 1 is 1.37 bits per heavy atom. The van der Waals surface area contributed by atoms with Crippen LogP contribution in [-0.4, -0.2) is 18.6 Å². The van der Waals surface area contributed by atoms with Gasteiger partial charge < -0.3 is 10.6 Å². The van der Waals surface area contributed by atoms with Crippen molar-refractivity contribution in [2.24, 2.45) is 17.6 Å². The highest BCUT2D eigenvalue weighted by Gasteiger charge is 2.33. The van der Waals surface area contributed by atoms with Crippen LogP contribution in [-0.2, 0) is 6.54 Å². The molecule has 2 N–H and O–H groups in total. The lowest BCUT2D eigenvalue weighted by Gasteiger charge is -2.21. The van der Waals surface area contributed by atoms with E-state index in [0.29, 0.717) is 6.54 Å². The van der Waals surface area contributed by atoms with Crippen LogP contribution in [0.15, 0.2) is 30.3 Å². The van der Waals surface area contributed by atoms with Gasteiger partial charge in [-0.1, -0.05) is 25.1 Å². The van der Waals surface area contributed by atoms with E-state index in [2.05, 4.69) is 37.1 Å². The molecule has 2 aromatic rings. The molecule has 100 valence electrons. The number of pyridine rings is 1. The number of hydrogen-bond donors (Lipinski definition) is 1. The summed E-state index contributed by atoms with van der Waals surface area (Å²) in [5, 5.41) is 1.17. The topological polar surface area (TPSA) is 42.2 Å². The number of benzene rings is 1. The Bertz CT molecular complexity index is 594. The molecular weight excluding hydrogens is 234 g/mol. The van der Waals surface area contributed by atoms with Crippen LogP contribution in [0.5, 0.6) is 0 Å². The van der Waals surface area contributed by atoms with Crippen molar-refractivity contribution in [2.75, 3.05) is 18.5 Å². The Kier molecular flexibility index (Phi) is 3.15. The van der Waals surface area contributed by atoms with Crippen molar-refractivity contribution in [3.05, 3.63) is 35.9 Å². The Morgan fingerprint density at radius 2 is 2.11 bits per heavy atom. The van der Waals surface area contributed by atoms with Crippen LogP contribution in [0.3, 0.4) is 0 Å². The molecule has 1 fully saturated rings. The van der Waals surface area contributed by atoms with Crippen LogP contribution >= 0.6 is 0 Å². The Hall–Kier alpha value is -1.61. The first-order chi connectivity index (χ1) is 9.19. The molecule has 1 aliphatic rings. The third-order valence-electron chi connectivity index (χ3n) is 4.15. The van der Waals surface area contributed by atoms with Crippen molar-refractivity contribution < 1.29 is 0 Å². The van der Waals surface area contributed by atoms with Gasteiger partial charge in [-0.2, -0.15) is 0 Å². The largest absolute Gasteiger partial charge is 0.359 e. The summed E-state index contributed by atoms with van der Waals surface area (Å²) in [4.78, 5) is 7.06. The summed E-state index contributed by atoms with van der Waals surface area (Å²) in [6, 6.07) is 10.4. The second kappa shape index (κ2) is 4.82. The van der Waals surface area contributed by atoms with E-state index in [4.69, 9.17) is 10.7 Å². The molecule has 0 saturated heterocycles. The van der Waals surface area contributed by atoms with Crippen LogP contribution in [0.25, 0.3) is 10.9 Å². The molecule has 0 amide bonds. The molecule has 2 atom stereocenters. The van der Waals surface area contributed by atoms with Gasteiger partial charge in [0, 0.05) is 31.1 Å². The van der Waals surface area contributed by atoms with Crippen LogP contribution in [0.1, 0.15) is 18.9 Å². The van der Waals surface area contributed by atoms with E-state index >= 15 is 0 Å². The number of hydrogen-bond acceptors (Lipinski definition) is 3. The van der Waals surface area contributed by atoms with Gasteiger partial charge >= 0.3 is 0 Å². The van der Waals surface area contributed by atoms with E-state index in [9.17, 15) is 0 Å². The lowest BCUT2D eigenvalue weighted by atomic mass is 10.1. The van der Waals surface area contributed by atoms with Crippen molar-refractivity contribution in [1.82, 2.24) is 4.98 Å². The van der Waals surface area contributed by atoms with Crippen molar-refractivity contribution in [2.45, 2.75) is 19.9 Å². The summed E-state index contributed by atoms with van der Waals surface area (Å²) in [6.07, 6.45) is 1.34. The van der Waals surface area contributed by atoms with Gasteiger partial charge in [0.1, 0.15) is 5.82 Å². The molecule has 0 aliphatic heterocycles. The Balaban J connectivity index is 1.95. The fourth-order valence-corrected chi connectivity index (χ4v) is 2.72. The average Bonchev–Trinajstić information content (AvgIpc) is 3.12. The molecule has 3 heteroatoms. The minimum atomic E-state index is 0.539. The SMILES string of the molecule is CC1CC1CN(C)c1nc2ccccc2cc1CN. The maximum atomic E-state index is 5.89. The van der Waals surface area contributed by atoms with Gasteiger partial charge in [-0.15, -0.1) is 0 Å². The maximum absolute atomic E-state index is 5.89. The summed E-state index contributed by atoms with van der Waals surface area (Å²) in [7, 11) is 2.13. The summed E-state index contributed by atoms with van der Waals surface area (Å²) in [5.74, 6) is 2.73.